The van der Waals surface area contributed by atoms with E-state index in [1.807, 2.05) is 13.8 Å². The Balaban J connectivity index is 2.80. The average molecular weight is 299 g/mol. The molecule has 0 bridgehead atoms. The van der Waals surface area contributed by atoms with E-state index < -0.39 is 34.8 Å². The summed E-state index contributed by atoms with van der Waals surface area (Å²) in [5.74, 6) is -1.53. The molecule has 1 unspecified atom stereocenters. The number of nitrogens with two attached hydrogens (primary N) is 1. The summed E-state index contributed by atoms with van der Waals surface area (Å²) in [6.07, 6.45) is 1.50. The first kappa shape index (κ1) is 17.3. The number of amides is 3. The fourth-order valence-corrected chi connectivity index (χ4v) is 2.56. The number of carboxylic acid groups (broad SMARTS) is 1. The Morgan fingerprint density at radius 3 is 2.43 bits per heavy atom. The van der Waals surface area contributed by atoms with Gasteiger partial charge in [-0.05, 0) is 32.1 Å². The van der Waals surface area contributed by atoms with E-state index in [9.17, 15) is 19.5 Å². The molecule has 0 saturated carbocycles. The molecule has 1 atom stereocenters. The molecule has 1 heterocycles. The van der Waals surface area contributed by atoms with Gasteiger partial charge in [-0.1, -0.05) is 13.8 Å². The molecule has 0 radical (unpaired) electrons. The van der Waals surface area contributed by atoms with E-state index >= 15 is 0 Å². The first-order chi connectivity index (χ1) is 9.49. The highest BCUT2D eigenvalue weighted by Gasteiger charge is 2.44. The quantitative estimate of drug-likeness (QED) is 0.712. The predicted molar refractivity (Wildman–Crippen MR) is 77.5 cm³/mol. The normalized spacial score (nSPS) is 21.7. The van der Waals surface area contributed by atoms with E-state index in [1.54, 1.807) is 13.8 Å². The molecule has 1 fully saturated rings. The highest BCUT2D eigenvalue weighted by atomic mass is 16.4. The van der Waals surface area contributed by atoms with Gasteiger partial charge in [-0.3, -0.25) is 4.79 Å². The van der Waals surface area contributed by atoms with Crippen molar-refractivity contribution in [1.82, 2.24) is 10.2 Å². The number of piperidine rings is 1. The van der Waals surface area contributed by atoms with Gasteiger partial charge in [0, 0.05) is 13.1 Å². The van der Waals surface area contributed by atoms with E-state index in [0.29, 0.717) is 6.54 Å². The zero-order valence-electron chi connectivity index (χ0n) is 13.1. The molecule has 7 nitrogen and oxygen atoms in total. The van der Waals surface area contributed by atoms with Crippen LogP contribution in [0.3, 0.4) is 0 Å². The molecule has 4 N–H and O–H groups in total. The van der Waals surface area contributed by atoms with Crippen LogP contribution in [0, 0.1) is 10.8 Å². The van der Waals surface area contributed by atoms with E-state index in [1.165, 1.54) is 4.90 Å². The zero-order valence-corrected chi connectivity index (χ0v) is 13.1. The number of nitrogens with zero attached hydrogens (tertiary/aromatic N) is 1. The van der Waals surface area contributed by atoms with Gasteiger partial charge >= 0.3 is 12.0 Å². The number of hydrogen-bond donors (Lipinski definition) is 3. The van der Waals surface area contributed by atoms with Crippen LogP contribution in [0.1, 0.15) is 40.5 Å². The zero-order chi connectivity index (χ0) is 16.4. The lowest BCUT2D eigenvalue weighted by molar-refractivity contribution is -0.148. The maximum absolute atomic E-state index is 12.3. The van der Waals surface area contributed by atoms with Gasteiger partial charge in [-0.15, -0.1) is 0 Å². The minimum absolute atomic E-state index is 0.0738. The van der Waals surface area contributed by atoms with Crippen molar-refractivity contribution in [2.45, 2.75) is 46.6 Å². The Bertz CT molecular complexity index is 446. The number of hydrogen-bond acceptors (Lipinski definition) is 3. The number of primary amides is 1. The Kier molecular flexibility index (Phi) is 4.86. The molecule has 0 aliphatic carbocycles. The molecule has 1 aliphatic rings. The van der Waals surface area contributed by atoms with Crippen LogP contribution in [-0.2, 0) is 9.59 Å². The predicted octanol–water partition coefficient (Wildman–Crippen LogP) is 0.783. The highest BCUT2D eigenvalue weighted by Crippen LogP contribution is 2.35. The number of carbonyl (C=O) groups is 3. The highest BCUT2D eigenvalue weighted by molar-refractivity contribution is 5.85. The van der Waals surface area contributed by atoms with Gasteiger partial charge in [0.25, 0.3) is 0 Å². The summed E-state index contributed by atoms with van der Waals surface area (Å²) in [4.78, 5) is 36.4. The standard InChI is InChI=1S/C14H25N3O4/c1-13(2)6-5-7-17(9(13)10(18)19)12(21)16-8-14(3,4)11(15)20/h9H,5-8H2,1-4H3,(H2,15,20)(H,16,21)(H,18,19). The number of rotatable bonds is 4. The van der Waals surface area contributed by atoms with Crippen LogP contribution in [0.15, 0.2) is 0 Å². The molecule has 120 valence electrons. The fourth-order valence-electron chi connectivity index (χ4n) is 2.56. The second-order valence-electron chi connectivity index (χ2n) is 6.93. The van der Waals surface area contributed by atoms with Gasteiger partial charge in [-0.25, -0.2) is 9.59 Å². The maximum atomic E-state index is 12.3. The third-order valence-corrected chi connectivity index (χ3v) is 4.12. The third kappa shape index (κ3) is 3.86. The van der Waals surface area contributed by atoms with Gasteiger partial charge in [0.05, 0.1) is 5.41 Å². The number of likely N-dealkylation sites (tertiary alicyclic amines) is 1. The first-order valence-electron chi connectivity index (χ1n) is 7.06. The van der Waals surface area contributed by atoms with E-state index in [4.69, 9.17) is 5.73 Å². The van der Waals surface area contributed by atoms with Crippen molar-refractivity contribution in [3.05, 3.63) is 0 Å². The molecule has 0 aromatic carbocycles. The second-order valence-corrected chi connectivity index (χ2v) is 6.93. The summed E-state index contributed by atoms with van der Waals surface area (Å²) in [5.41, 5.74) is 3.89. The Hall–Kier alpha value is -1.79. The minimum Gasteiger partial charge on any atom is -0.480 e. The van der Waals surface area contributed by atoms with Crippen LogP contribution in [0.25, 0.3) is 0 Å². The average Bonchev–Trinajstić information content (AvgIpc) is 2.33. The SMILES string of the molecule is CC(C)(CNC(=O)N1CCCC(C)(C)C1C(=O)O)C(N)=O. The molecule has 0 spiro atoms. The molecule has 7 heteroatoms. The smallest absolute Gasteiger partial charge is 0.327 e. The Morgan fingerprint density at radius 2 is 1.95 bits per heavy atom. The third-order valence-electron chi connectivity index (χ3n) is 4.12. The van der Waals surface area contributed by atoms with Gasteiger partial charge in [0.2, 0.25) is 5.91 Å². The molecular weight excluding hydrogens is 274 g/mol. The molecule has 3 amide bonds. The van der Waals surface area contributed by atoms with Crippen LogP contribution in [-0.4, -0.2) is 47.0 Å². The maximum Gasteiger partial charge on any atom is 0.327 e. The largest absolute Gasteiger partial charge is 0.480 e. The molecule has 1 saturated heterocycles. The number of nitrogens with one attached hydrogen (secondary N) is 1. The van der Waals surface area contributed by atoms with Crippen LogP contribution in [0.5, 0.6) is 0 Å². The topological polar surface area (TPSA) is 113 Å². The van der Waals surface area contributed by atoms with E-state index in [0.717, 1.165) is 12.8 Å². The van der Waals surface area contributed by atoms with Crippen LogP contribution in [0.2, 0.25) is 0 Å². The number of carbonyl (C=O) groups excluding carboxylic acids is 2. The first-order valence-corrected chi connectivity index (χ1v) is 7.06. The van der Waals surface area contributed by atoms with Crippen molar-refractivity contribution in [1.29, 1.82) is 0 Å². The van der Waals surface area contributed by atoms with Crippen molar-refractivity contribution < 1.29 is 19.5 Å². The Morgan fingerprint density at radius 1 is 1.38 bits per heavy atom. The molecule has 1 rings (SSSR count). The van der Waals surface area contributed by atoms with E-state index in [2.05, 4.69) is 5.32 Å². The van der Waals surface area contributed by atoms with Gasteiger partial charge in [-0.2, -0.15) is 0 Å². The Labute approximate surface area is 124 Å². The molecule has 0 aromatic rings. The summed E-state index contributed by atoms with van der Waals surface area (Å²) < 4.78 is 0. The second kappa shape index (κ2) is 5.91. The molecule has 1 aliphatic heterocycles. The summed E-state index contributed by atoms with van der Waals surface area (Å²) >= 11 is 0. The van der Waals surface area contributed by atoms with Crippen molar-refractivity contribution in [3.8, 4) is 0 Å². The van der Waals surface area contributed by atoms with Crippen molar-refractivity contribution >= 4 is 17.9 Å². The monoisotopic (exact) mass is 299 g/mol. The summed E-state index contributed by atoms with van der Waals surface area (Å²) in [5, 5.41) is 12.0. The molecule has 0 aromatic heterocycles. The van der Waals surface area contributed by atoms with Gasteiger partial charge in [0.1, 0.15) is 6.04 Å². The van der Waals surface area contributed by atoms with E-state index in [-0.39, 0.29) is 6.54 Å². The van der Waals surface area contributed by atoms with Crippen LogP contribution < -0.4 is 11.1 Å². The van der Waals surface area contributed by atoms with Crippen LogP contribution >= 0.6 is 0 Å². The lowest BCUT2D eigenvalue weighted by Gasteiger charge is -2.44. The number of urea groups is 1. The summed E-state index contributed by atoms with van der Waals surface area (Å²) in [6, 6.07) is -1.34. The van der Waals surface area contributed by atoms with Crippen molar-refractivity contribution in [2.75, 3.05) is 13.1 Å². The number of carboxylic acids is 1. The van der Waals surface area contributed by atoms with Crippen LogP contribution in [0.4, 0.5) is 4.79 Å². The lowest BCUT2D eigenvalue weighted by atomic mass is 9.76. The van der Waals surface area contributed by atoms with Crippen molar-refractivity contribution in [2.24, 2.45) is 16.6 Å². The molecule has 21 heavy (non-hydrogen) atoms. The number of aliphatic carboxylic acids is 1. The van der Waals surface area contributed by atoms with Gasteiger partial charge < -0.3 is 21.1 Å². The lowest BCUT2D eigenvalue weighted by Crippen LogP contribution is -2.59. The fraction of sp³-hybridized carbons (Fsp3) is 0.786. The summed E-state index contributed by atoms with van der Waals surface area (Å²) in [7, 11) is 0. The van der Waals surface area contributed by atoms with Crippen molar-refractivity contribution in [3.63, 3.8) is 0 Å². The summed E-state index contributed by atoms with van der Waals surface area (Å²) in [6.45, 7) is 7.42. The van der Waals surface area contributed by atoms with Gasteiger partial charge in [0.15, 0.2) is 0 Å². The minimum atomic E-state index is -1.01. The molecular formula is C14H25N3O4.